The Morgan fingerprint density at radius 1 is 1.04 bits per heavy atom. The van der Waals surface area contributed by atoms with Crippen LogP contribution in [0.1, 0.15) is 25.0 Å². The van der Waals surface area contributed by atoms with Crippen molar-refractivity contribution in [2.75, 3.05) is 20.3 Å². The maximum Gasteiger partial charge on any atom is 0.335 e. The Hall–Kier alpha value is -2.13. The van der Waals surface area contributed by atoms with E-state index in [1.165, 1.54) is 13.2 Å². The number of aryl methyl sites for hydroxylation is 2. The molecule has 8 nitrogen and oxygen atoms in total. The van der Waals surface area contributed by atoms with Gasteiger partial charge in [-0.2, -0.15) is 4.72 Å². The van der Waals surface area contributed by atoms with Crippen LogP contribution < -0.4 is 9.46 Å². The van der Waals surface area contributed by atoms with E-state index in [9.17, 15) is 18.0 Å². The maximum atomic E-state index is 12.7. The largest absolute Gasteiger partial charge is 0.495 e. The Morgan fingerprint density at radius 2 is 1.52 bits per heavy atom. The van der Waals surface area contributed by atoms with Gasteiger partial charge in [-0.25, -0.2) is 18.0 Å². The molecular formula is C16H23NO7S. The summed E-state index contributed by atoms with van der Waals surface area (Å²) >= 11 is 0. The van der Waals surface area contributed by atoms with Gasteiger partial charge in [0.15, 0.2) is 0 Å². The van der Waals surface area contributed by atoms with Crippen molar-refractivity contribution in [3.8, 4) is 5.75 Å². The highest BCUT2D eigenvalue weighted by Crippen LogP contribution is 2.27. The van der Waals surface area contributed by atoms with Crippen LogP contribution in [0, 0.1) is 13.8 Å². The third kappa shape index (κ3) is 5.17. The van der Waals surface area contributed by atoms with Crippen LogP contribution in [-0.4, -0.2) is 46.7 Å². The van der Waals surface area contributed by atoms with E-state index in [-0.39, 0.29) is 23.9 Å². The normalized spacial score (nSPS) is 11.3. The molecule has 0 aliphatic rings. The first-order valence-electron chi connectivity index (χ1n) is 7.68. The maximum absolute atomic E-state index is 12.7. The number of hydrogen-bond donors (Lipinski definition) is 1. The van der Waals surface area contributed by atoms with Gasteiger partial charge in [-0.15, -0.1) is 0 Å². The molecule has 0 saturated carbocycles. The van der Waals surface area contributed by atoms with Crippen molar-refractivity contribution in [1.29, 1.82) is 0 Å². The van der Waals surface area contributed by atoms with Gasteiger partial charge in [0.05, 0.1) is 20.3 Å². The predicted molar refractivity (Wildman–Crippen MR) is 89.8 cm³/mol. The fourth-order valence-electron chi connectivity index (χ4n) is 2.00. The molecule has 0 aromatic heterocycles. The molecule has 0 fully saturated rings. The van der Waals surface area contributed by atoms with Crippen LogP contribution in [0.15, 0.2) is 17.0 Å². The third-order valence-electron chi connectivity index (χ3n) is 3.39. The number of sulfonamides is 1. The van der Waals surface area contributed by atoms with E-state index in [4.69, 9.17) is 14.2 Å². The molecule has 0 saturated heterocycles. The first-order chi connectivity index (χ1) is 11.7. The molecule has 1 aromatic carbocycles. The molecule has 0 radical (unpaired) electrons. The van der Waals surface area contributed by atoms with E-state index in [1.807, 2.05) is 11.6 Å². The highest BCUT2D eigenvalue weighted by Gasteiger charge is 2.35. The van der Waals surface area contributed by atoms with Crippen molar-refractivity contribution in [2.45, 2.75) is 38.6 Å². The molecule has 1 aromatic rings. The average Bonchev–Trinajstić information content (AvgIpc) is 2.55. The van der Waals surface area contributed by atoms with Crippen molar-refractivity contribution in [3.05, 3.63) is 23.3 Å². The van der Waals surface area contributed by atoms with E-state index in [1.54, 1.807) is 26.8 Å². The van der Waals surface area contributed by atoms with Gasteiger partial charge < -0.3 is 14.2 Å². The summed E-state index contributed by atoms with van der Waals surface area (Å²) in [6.45, 7) is 6.61. The minimum absolute atomic E-state index is 0.0105. The van der Waals surface area contributed by atoms with Gasteiger partial charge in [-0.05, 0) is 51.0 Å². The second-order valence-corrected chi connectivity index (χ2v) is 6.83. The van der Waals surface area contributed by atoms with E-state index in [0.717, 1.165) is 5.56 Å². The van der Waals surface area contributed by atoms with Crippen molar-refractivity contribution in [3.63, 3.8) is 0 Å². The fraction of sp³-hybridized carbons (Fsp3) is 0.500. The predicted octanol–water partition coefficient (Wildman–Crippen LogP) is 1.09. The van der Waals surface area contributed by atoms with E-state index in [0.29, 0.717) is 5.56 Å². The molecule has 9 heteroatoms. The Labute approximate surface area is 147 Å². The smallest absolute Gasteiger partial charge is 0.335 e. The summed E-state index contributed by atoms with van der Waals surface area (Å²) in [6, 6.07) is 1.17. The summed E-state index contributed by atoms with van der Waals surface area (Å²) in [5.41, 5.74) is 1.55. The van der Waals surface area contributed by atoms with Crippen LogP contribution in [0.5, 0.6) is 5.75 Å². The Balaban J connectivity index is 3.29. The van der Waals surface area contributed by atoms with Gasteiger partial charge in [0.2, 0.25) is 16.1 Å². The summed E-state index contributed by atoms with van der Waals surface area (Å²) in [5.74, 6) is -1.97. The Morgan fingerprint density at radius 3 is 1.96 bits per heavy atom. The summed E-state index contributed by atoms with van der Waals surface area (Å²) in [6.07, 6.45) is 0. The third-order valence-corrected chi connectivity index (χ3v) is 4.83. The van der Waals surface area contributed by atoms with Crippen LogP contribution in [0.25, 0.3) is 0 Å². The molecule has 0 amide bonds. The van der Waals surface area contributed by atoms with Gasteiger partial charge >= 0.3 is 11.9 Å². The lowest BCUT2D eigenvalue weighted by molar-refractivity contribution is -0.157. The first kappa shape index (κ1) is 20.9. The van der Waals surface area contributed by atoms with E-state index < -0.39 is 28.0 Å². The molecule has 0 unspecified atom stereocenters. The molecule has 1 N–H and O–H groups in total. The fourth-order valence-corrected chi connectivity index (χ4v) is 3.36. The second kappa shape index (κ2) is 8.82. The van der Waals surface area contributed by atoms with Gasteiger partial charge in [0.25, 0.3) is 0 Å². The summed E-state index contributed by atoms with van der Waals surface area (Å²) in [5, 5.41) is 0. The highest BCUT2D eigenvalue weighted by molar-refractivity contribution is 7.89. The van der Waals surface area contributed by atoms with Gasteiger partial charge in [-0.3, -0.25) is 0 Å². The van der Waals surface area contributed by atoms with Gasteiger partial charge in [-0.1, -0.05) is 0 Å². The number of carbonyl (C=O) groups excluding carboxylic acids is 2. The van der Waals surface area contributed by atoms with E-state index >= 15 is 0 Å². The standard InChI is InChI=1S/C16H23NO7S/c1-6-23-15(18)14(16(19)24-7-2)17-25(20,21)13-9-11(4)10(3)8-12(13)22-5/h8-9,14,17H,6-7H2,1-5H3. The van der Waals surface area contributed by atoms with Crippen molar-refractivity contribution in [2.24, 2.45) is 0 Å². The summed E-state index contributed by atoms with van der Waals surface area (Å²) in [7, 11) is -2.91. The van der Waals surface area contributed by atoms with Crippen molar-refractivity contribution < 1.29 is 32.2 Å². The van der Waals surface area contributed by atoms with Gasteiger partial charge in [0.1, 0.15) is 10.6 Å². The molecule has 0 bridgehead atoms. The number of esters is 2. The zero-order valence-electron chi connectivity index (χ0n) is 14.9. The van der Waals surface area contributed by atoms with Gasteiger partial charge in [0, 0.05) is 0 Å². The molecule has 0 atom stereocenters. The second-order valence-electron chi connectivity index (χ2n) is 5.15. The number of carbonyl (C=O) groups is 2. The number of ether oxygens (including phenoxy) is 3. The van der Waals surface area contributed by atoms with Crippen molar-refractivity contribution >= 4 is 22.0 Å². The SMILES string of the molecule is CCOC(=O)C(NS(=O)(=O)c1cc(C)c(C)cc1OC)C(=O)OCC. The van der Waals surface area contributed by atoms with E-state index in [2.05, 4.69) is 0 Å². The number of methoxy groups -OCH3 is 1. The number of rotatable bonds is 8. The lowest BCUT2D eigenvalue weighted by Crippen LogP contribution is -2.48. The Kier molecular flexibility index (Phi) is 7.38. The average molecular weight is 373 g/mol. The first-order valence-corrected chi connectivity index (χ1v) is 9.17. The zero-order valence-corrected chi connectivity index (χ0v) is 15.7. The minimum Gasteiger partial charge on any atom is -0.495 e. The molecule has 1 rings (SSSR count). The molecule has 140 valence electrons. The van der Waals surface area contributed by atoms with Crippen LogP contribution in [-0.2, 0) is 29.1 Å². The molecule has 0 spiro atoms. The Bertz CT molecular complexity index is 725. The molecule has 25 heavy (non-hydrogen) atoms. The number of hydrogen-bond acceptors (Lipinski definition) is 7. The highest BCUT2D eigenvalue weighted by atomic mass is 32.2. The zero-order chi connectivity index (χ0) is 19.2. The number of benzene rings is 1. The van der Waals surface area contributed by atoms with Crippen LogP contribution >= 0.6 is 0 Å². The summed E-state index contributed by atoms with van der Waals surface area (Å²) in [4.78, 5) is 23.7. The van der Waals surface area contributed by atoms with Crippen molar-refractivity contribution in [1.82, 2.24) is 4.72 Å². The topological polar surface area (TPSA) is 108 Å². The van der Waals surface area contributed by atoms with Crippen LogP contribution in [0.4, 0.5) is 0 Å². The monoisotopic (exact) mass is 373 g/mol. The van der Waals surface area contributed by atoms with Crippen LogP contribution in [0.2, 0.25) is 0 Å². The lowest BCUT2D eigenvalue weighted by Gasteiger charge is -2.18. The molecular weight excluding hydrogens is 350 g/mol. The summed E-state index contributed by atoms with van der Waals surface area (Å²) < 4.78 is 42.1. The van der Waals surface area contributed by atoms with Crippen LogP contribution in [0.3, 0.4) is 0 Å². The molecule has 0 aliphatic heterocycles. The number of nitrogens with one attached hydrogen (secondary N) is 1. The lowest BCUT2D eigenvalue weighted by atomic mass is 10.1. The minimum atomic E-state index is -4.24. The quantitative estimate of drug-likeness (QED) is 0.537. The molecule has 0 heterocycles. The molecule has 0 aliphatic carbocycles.